The molecule has 3 aromatic rings. The first-order valence-electron chi connectivity index (χ1n) is 8.17. The summed E-state index contributed by atoms with van der Waals surface area (Å²) in [7, 11) is -4.61. The summed E-state index contributed by atoms with van der Waals surface area (Å²) in [5.41, 5.74) is -0.218. The predicted molar refractivity (Wildman–Crippen MR) is 97.6 cm³/mol. The molecule has 6 nitrogen and oxygen atoms in total. The van der Waals surface area contributed by atoms with E-state index in [9.17, 15) is 26.0 Å². The predicted octanol–water partition coefficient (Wildman–Crippen LogP) is 4.01. The van der Waals surface area contributed by atoms with Crippen LogP contribution >= 0.6 is 0 Å². The number of halogens is 4. The minimum atomic E-state index is -4.61. The molecule has 11 heteroatoms. The van der Waals surface area contributed by atoms with Gasteiger partial charge in [-0.05, 0) is 43.3 Å². The Labute approximate surface area is 163 Å². The van der Waals surface area contributed by atoms with Gasteiger partial charge in [0.1, 0.15) is 35.4 Å². The van der Waals surface area contributed by atoms with Crippen LogP contribution in [0.2, 0.25) is 0 Å². The molecule has 0 radical (unpaired) electrons. The van der Waals surface area contributed by atoms with Crippen LogP contribution < -0.4 is 10.0 Å². The van der Waals surface area contributed by atoms with Gasteiger partial charge in [-0.2, -0.15) is 0 Å². The van der Waals surface area contributed by atoms with Crippen molar-refractivity contribution in [2.24, 2.45) is 0 Å². The van der Waals surface area contributed by atoms with Gasteiger partial charge < -0.3 is 5.32 Å². The van der Waals surface area contributed by atoms with Gasteiger partial charge in [-0.25, -0.2) is 35.9 Å². The molecule has 29 heavy (non-hydrogen) atoms. The molecule has 1 atom stereocenters. The van der Waals surface area contributed by atoms with Gasteiger partial charge in [0, 0.05) is 17.4 Å². The maximum Gasteiger partial charge on any atom is 0.268 e. The second-order valence-corrected chi connectivity index (χ2v) is 7.62. The molecule has 3 rings (SSSR count). The van der Waals surface area contributed by atoms with Gasteiger partial charge in [-0.15, -0.1) is 0 Å². The summed E-state index contributed by atoms with van der Waals surface area (Å²) in [6.07, 6.45) is 2.31. The molecule has 0 saturated heterocycles. The third-order valence-corrected chi connectivity index (χ3v) is 5.30. The first kappa shape index (κ1) is 20.5. The van der Waals surface area contributed by atoms with Gasteiger partial charge in [0.2, 0.25) is 0 Å². The van der Waals surface area contributed by atoms with Gasteiger partial charge >= 0.3 is 0 Å². The molecular formula is C18H14F4N4O2S. The SMILES string of the molecule is CC(Nc1cc(F)c(S(=O)(=O)Nc2ccncn2)c(F)c1)c1cc(F)ccc1F. The Morgan fingerprint density at radius 3 is 2.28 bits per heavy atom. The highest BCUT2D eigenvalue weighted by molar-refractivity contribution is 7.92. The molecule has 0 aliphatic carbocycles. The zero-order valence-electron chi connectivity index (χ0n) is 14.8. The van der Waals surface area contributed by atoms with E-state index in [0.29, 0.717) is 0 Å². The number of nitrogens with zero attached hydrogens (tertiary/aromatic N) is 2. The van der Waals surface area contributed by atoms with Gasteiger partial charge in [0.05, 0.1) is 6.04 Å². The van der Waals surface area contributed by atoms with E-state index >= 15 is 0 Å². The van der Waals surface area contributed by atoms with Gasteiger partial charge in [-0.3, -0.25) is 4.72 Å². The molecule has 0 amide bonds. The van der Waals surface area contributed by atoms with Crippen molar-refractivity contribution in [3.63, 3.8) is 0 Å². The Morgan fingerprint density at radius 2 is 1.66 bits per heavy atom. The quantitative estimate of drug-likeness (QED) is 0.582. The lowest BCUT2D eigenvalue weighted by atomic mass is 10.1. The summed E-state index contributed by atoms with van der Waals surface area (Å²) in [4.78, 5) is 6.03. The summed E-state index contributed by atoms with van der Waals surface area (Å²) in [5.74, 6) is -4.30. The van der Waals surface area contributed by atoms with Crippen molar-refractivity contribution in [1.82, 2.24) is 9.97 Å². The van der Waals surface area contributed by atoms with Crippen LogP contribution in [0.1, 0.15) is 18.5 Å². The van der Waals surface area contributed by atoms with Crippen LogP contribution in [0.15, 0.2) is 53.8 Å². The Bertz CT molecular complexity index is 1120. The summed E-state index contributed by atoms with van der Waals surface area (Å²) < 4.78 is 82.7. The zero-order chi connectivity index (χ0) is 21.2. The van der Waals surface area contributed by atoms with Crippen LogP contribution in [0.4, 0.5) is 29.1 Å². The summed E-state index contributed by atoms with van der Waals surface area (Å²) >= 11 is 0. The molecule has 0 bridgehead atoms. The van der Waals surface area contributed by atoms with Crippen molar-refractivity contribution < 1.29 is 26.0 Å². The third-order valence-electron chi connectivity index (χ3n) is 3.90. The number of hydrogen-bond acceptors (Lipinski definition) is 5. The Balaban J connectivity index is 1.88. The van der Waals surface area contributed by atoms with E-state index in [4.69, 9.17) is 0 Å². The smallest absolute Gasteiger partial charge is 0.268 e. The van der Waals surface area contributed by atoms with E-state index in [1.807, 2.05) is 4.72 Å². The number of rotatable bonds is 6. The molecule has 1 unspecified atom stereocenters. The normalized spacial score (nSPS) is 12.4. The third kappa shape index (κ3) is 4.62. The monoisotopic (exact) mass is 426 g/mol. The lowest BCUT2D eigenvalue weighted by Crippen LogP contribution is -2.18. The second-order valence-electron chi connectivity index (χ2n) is 6.00. The summed E-state index contributed by atoms with van der Waals surface area (Å²) in [6.45, 7) is 1.45. The van der Waals surface area contributed by atoms with Crippen LogP contribution in [-0.2, 0) is 10.0 Å². The molecular weight excluding hydrogens is 412 g/mol. The molecule has 2 aromatic carbocycles. The van der Waals surface area contributed by atoms with E-state index in [2.05, 4.69) is 15.3 Å². The number of benzene rings is 2. The van der Waals surface area contributed by atoms with Crippen molar-refractivity contribution in [3.05, 3.63) is 77.8 Å². The number of sulfonamides is 1. The van der Waals surface area contributed by atoms with Crippen LogP contribution in [-0.4, -0.2) is 18.4 Å². The lowest BCUT2D eigenvalue weighted by molar-refractivity contribution is 0.521. The van der Waals surface area contributed by atoms with E-state index < -0.39 is 44.2 Å². The highest BCUT2D eigenvalue weighted by atomic mass is 32.2. The van der Waals surface area contributed by atoms with Crippen molar-refractivity contribution in [2.45, 2.75) is 17.9 Å². The fourth-order valence-corrected chi connectivity index (χ4v) is 3.74. The van der Waals surface area contributed by atoms with Crippen LogP contribution in [0.25, 0.3) is 0 Å². The first-order chi connectivity index (χ1) is 13.7. The zero-order valence-corrected chi connectivity index (χ0v) is 15.6. The van der Waals surface area contributed by atoms with Crippen molar-refractivity contribution >= 4 is 21.5 Å². The molecule has 2 N–H and O–H groups in total. The highest BCUT2D eigenvalue weighted by Crippen LogP contribution is 2.28. The molecule has 1 heterocycles. The first-order valence-corrected chi connectivity index (χ1v) is 9.65. The lowest BCUT2D eigenvalue weighted by Gasteiger charge is -2.17. The van der Waals surface area contributed by atoms with Crippen LogP contribution in [0.3, 0.4) is 0 Å². The van der Waals surface area contributed by atoms with Gasteiger partial charge in [0.15, 0.2) is 4.90 Å². The number of aromatic nitrogens is 2. The van der Waals surface area contributed by atoms with Gasteiger partial charge in [0.25, 0.3) is 10.0 Å². The van der Waals surface area contributed by atoms with E-state index in [1.54, 1.807) is 0 Å². The van der Waals surface area contributed by atoms with E-state index in [-0.39, 0.29) is 17.1 Å². The topological polar surface area (TPSA) is 84.0 Å². The van der Waals surface area contributed by atoms with Crippen molar-refractivity contribution in [3.8, 4) is 0 Å². The fourth-order valence-electron chi connectivity index (χ4n) is 2.61. The molecule has 0 aliphatic rings. The number of nitrogens with one attached hydrogen (secondary N) is 2. The Morgan fingerprint density at radius 1 is 0.966 bits per heavy atom. The van der Waals surface area contributed by atoms with Gasteiger partial charge in [-0.1, -0.05) is 0 Å². The molecule has 0 spiro atoms. The van der Waals surface area contributed by atoms with Crippen LogP contribution in [0, 0.1) is 23.3 Å². The molecule has 0 aliphatic heterocycles. The summed E-state index contributed by atoms with van der Waals surface area (Å²) in [5, 5.41) is 2.61. The minimum Gasteiger partial charge on any atom is -0.378 e. The Kier molecular flexibility index (Phi) is 5.69. The standard InChI is InChI=1S/C18H14F4N4O2S/c1-10(13-6-11(19)2-3-14(13)20)25-12-7-15(21)18(16(22)8-12)29(27,28)26-17-4-5-23-9-24-17/h2-10,25H,1H3,(H,23,24,26). The second kappa shape index (κ2) is 8.03. The van der Waals surface area contributed by atoms with E-state index in [0.717, 1.165) is 36.7 Å². The molecule has 152 valence electrons. The van der Waals surface area contributed by atoms with Crippen LogP contribution in [0.5, 0.6) is 0 Å². The maximum absolute atomic E-state index is 14.4. The fraction of sp³-hybridized carbons (Fsp3) is 0.111. The van der Waals surface area contributed by atoms with Crippen molar-refractivity contribution in [1.29, 1.82) is 0 Å². The number of hydrogen-bond donors (Lipinski definition) is 2. The van der Waals surface area contributed by atoms with Crippen molar-refractivity contribution in [2.75, 3.05) is 10.0 Å². The summed E-state index contributed by atoms with van der Waals surface area (Å²) in [6, 6.07) is 4.65. The van der Waals surface area contributed by atoms with E-state index in [1.165, 1.54) is 19.2 Å². The molecule has 0 saturated carbocycles. The average molecular weight is 426 g/mol. The highest BCUT2D eigenvalue weighted by Gasteiger charge is 2.26. The molecule has 1 aromatic heterocycles. The largest absolute Gasteiger partial charge is 0.378 e. The average Bonchev–Trinajstić information content (AvgIpc) is 2.63. The Hall–Kier alpha value is -3.21. The minimum absolute atomic E-state index is 0.0621. The number of anilines is 2. The maximum atomic E-state index is 14.4. The molecule has 0 fully saturated rings.